The van der Waals surface area contributed by atoms with Crippen LogP contribution >= 0.6 is 0 Å². The Labute approximate surface area is 244 Å². The summed E-state index contributed by atoms with van der Waals surface area (Å²) in [5.41, 5.74) is 6.24. The Balaban J connectivity index is 0. The van der Waals surface area contributed by atoms with Crippen molar-refractivity contribution in [3.8, 4) is 0 Å². The van der Waals surface area contributed by atoms with E-state index in [0.717, 1.165) is 18.0 Å². The zero-order valence-corrected chi connectivity index (χ0v) is 25.2. The number of nitrogens with zero attached hydrogens (tertiary/aromatic N) is 3. The molecular weight excluding hydrogens is 559 g/mol. The number of benzene rings is 1. The van der Waals surface area contributed by atoms with Crippen molar-refractivity contribution in [2.45, 2.75) is 66.0 Å². The highest BCUT2D eigenvalue weighted by Gasteiger charge is 2.62. The van der Waals surface area contributed by atoms with Crippen LogP contribution in [0.2, 0.25) is 0 Å². The van der Waals surface area contributed by atoms with Gasteiger partial charge in [0, 0.05) is 20.5 Å². The molecule has 2 rings (SSSR count). The summed E-state index contributed by atoms with van der Waals surface area (Å²) in [4.78, 5) is 14.0. The highest BCUT2D eigenvalue weighted by molar-refractivity contribution is 5.87. The second kappa shape index (κ2) is 20.8. The number of hydrazine groups is 1. The van der Waals surface area contributed by atoms with Crippen molar-refractivity contribution in [3.05, 3.63) is 89.1 Å². The largest absolute Gasteiger partial charge is 0.477 e. The molecule has 0 atom stereocenters. The van der Waals surface area contributed by atoms with Gasteiger partial charge in [-0.3, -0.25) is 0 Å². The van der Waals surface area contributed by atoms with Crippen molar-refractivity contribution in [2.24, 2.45) is 18.0 Å². The van der Waals surface area contributed by atoms with Gasteiger partial charge in [-0.2, -0.15) is 27.1 Å². The van der Waals surface area contributed by atoms with Crippen molar-refractivity contribution >= 4 is 12.3 Å². The van der Waals surface area contributed by atoms with Gasteiger partial charge in [0.05, 0.1) is 0 Å². The number of aromatic carboxylic acids is 1. The molecule has 0 aliphatic heterocycles. The van der Waals surface area contributed by atoms with E-state index in [4.69, 9.17) is 5.11 Å². The number of carbonyl (C=O) groups is 1. The summed E-state index contributed by atoms with van der Waals surface area (Å²) in [6.07, 6.45) is 4.88. The molecule has 0 amide bonds. The average Bonchev–Trinajstić information content (AvgIpc) is 3.27. The number of hydrogen-bond donors (Lipinski definition) is 4. The number of carboxylic acid groups (broad SMARTS) is 1. The van der Waals surface area contributed by atoms with Crippen LogP contribution in [-0.4, -0.2) is 40.2 Å². The van der Waals surface area contributed by atoms with E-state index >= 15 is 0 Å². The van der Waals surface area contributed by atoms with Gasteiger partial charge in [-0.05, 0) is 32.3 Å². The summed E-state index contributed by atoms with van der Waals surface area (Å²) < 4.78 is 64.1. The first-order chi connectivity index (χ1) is 19.7. The minimum absolute atomic E-state index is 0.102. The number of halogens is 5. The summed E-state index contributed by atoms with van der Waals surface area (Å²) in [5.74, 6) is -2.62. The molecule has 0 radical (unpaired) electrons. The number of aromatic nitrogens is 2. The molecule has 0 spiro atoms. The fourth-order valence-electron chi connectivity index (χ4n) is 3.08. The Morgan fingerprint density at radius 2 is 1.74 bits per heavy atom. The Morgan fingerprint density at radius 3 is 2.14 bits per heavy atom. The van der Waals surface area contributed by atoms with Gasteiger partial charge in [-0.15, -0.1) is 0 Å². The normalized spacial score (nSPS) is 11.6. The van der Waals surface area contributed by atoms with Crippen molar-refractivity contribution in [1.29, 1.82) is 0 Å². The lowest BCUT2D eigenvalue weighted by Crippen LogP contribution is -2.35. The third kappa shape index (κ3) is 14.1. The average molecular weight is 603 g/mol. The number of hydrogen-bond acceptors (Lipinski definition) is 5. The molecule has 0 aliphatic rings. The maximum atomic E-state index is 13.3. The molecule has 0 saturated carbocycles. The number of aryl methyl sites for hydroxylation is 2. The Kier molecular flexibility index (Phi) is 19.9. The minimum Gasteiger partial charge on any atom is -0.477 e. The maximum absolute atomic E-state index is 13.3. The van der Waals surface area contributed by atoms with Crippen molar-refractivity contribution < 1.29 is 31.9 Å². The van der Waals surface area contributed by atoms with E-state index in [0.29, 0.717) is 6.42 Å². The van der Waals surface area contributed by atoms with Crippen LogP contribution in [-0.2, 0) is 25.8 Å². The molecule has 5 N–H and O–H groups in total. The highest BCUT2D eigenvalue weighted by Crippen LogP contribution is 2.44. The van der Waals surface area contributed by atoms with Crippen LogP contribution < -0.4 is 16.7 Å². The standard InChI is InChI=1S/C15H18.C10H11F5N2O2.C2H8N4.C2H6/c1-4-5-6-7-14(3)12-15-10-8-13(2)9-11-15;1-3-4-5-16-7(6(8(18)19)17(5)2)9(11,12)10(13,14)15;1-4-6-2-5-3;1-2/h4-11H,1,12H2,2-3H3;3-4H2,1-2H3,(H,18,19);2,4H,3H2,1H3,(H,5,6);1-2H3/b6-5-,14-7-;;;. The molecular formula is C29H43F5N6O2. The number of nitrogens with one attached hydrogen (secondary N) is 2. The maximum Gasteiger partial charge on any atom is 0.459 e. The lowest BCUT2D eigenvalue weighted by molar-refractivity contribution is -0.291. The number of imidazole rings is 1. The predicted octanol–water partition coefficient (Wildman–Crippen LogP) is 6.59. The zero-order valence-electron chi connectivity index (χ0n) is 25.2. The molecule has 0 aliphatic carbocycles. The number of nitrogens with two attached hydrogens (primary N) is 1. The van der Waals surface area contributed by atoms with Crippen molar-refractivity contribution in [3.63, 3.8) is 0 Å². The van der Waals surface area contributed by atoms with Crippen LogP contribution in [0.15, 0.2) is 65.8 Å². The molecule has 2 aromatic rings. The van der Waals surface area contributed by atoms with Crippen LogP contribution in [0.1, 0.15) is 67.2 Å². The van der Waals surface area contributed by atoms with E-state index in [-0.39, 0.29) is 12.2 Å². The number of rotatable bonds is 10. The van der Waals surface area contributed by atoms with Gasteiger partial charge in [0.1, 0.15) is 12.2 Å². The Morgan fingerprint density at radius 1 is 1.17 bits per heavy atom. The molecule has 236 valence electrons. The third-order valence-corrected chi connectivity index (χ3v) is 5.03. The van der Waals surface area contributed by atoms with Crippen LogP contribution in [0, 0.1) is 6.92 Å². The quantitative estimate of drug-likeness (QED) is 0.0609. The van der Waals surface area contributed by atoms with Crippen molar-refractivity contribution in [2.75, 3.05) is 7.05 Å². The smallest absolute Gasteiger partial charge is 0.459 e. The topological polar surface area (TPSA) is 118 Å². The van der Waals surface area contributed by atoms with E-state index in [1.807, 2.05) is 26.0 Å². The molecule has 0 unspecified atom stereocenters. The molecule has 1 heterocycles. The van der Waals surface area contributed by atoms with Gasteiger partial charge in [0.25, 0.3) is 0 Å². The number of carboxylic acids is 1. The summed E-state index contributed by atoms with van der Waals surface area (Å²) >= 11 is 0. The van der Waals surface area contributed by atoms with E-state index in [1.54, 1.807) is 20.0 Å². The molecule has 0 fully saturated rings. The SMILES string of the molecule is C=C/C=C\C=C(\C)Cc1ccc(C)cc1.CC.CCCc1nc(C(F)(F)C(F)(F)F)c(C(=O)O)n1C.CNN/C=N\N. The first-order valence-corrected chi connectivity index (χ1v) is 13.1. The van der Waals surface area contributed by atoms with Gasteiger partial charge in [0.2, 0.25) is 0 Å². The van der Waals surface area contributed by atoms with E-state index in [9.17, 15) is 26.7 Å². The van der Waals surface area contributed by atoms with E-state index < -0.39 is 29.5 Å². The van der Waals surface area contributed by atoms with Gasteiger partial charge in [-0.1, -0.05) is 87.1 Å². The first kappa shape index (κ1) is 40.1. The van der Waals surface area contributed by atoms with Gasteiger partial charge in [-0.25, -0.2) is 15.2 Å². The van der Waals surface area contributed by atoms with Crippen LogP contribution in [0.4, 0.5) is 22.0 Å². The molecule has 0 saturated heterocycles. The first-order valence-electron chi connectivity index (χ1n) is 13.1. The Hall–Kier alpha value is -4.00. The monoisotopic (exact) mass is 602 g/mol. The fraction of sp³-hybridized carbons (Fsp3) is 0.414. The molecule has 42 heavy (non-hydrogen) atoms. The summed E-state index contributed by atoms with van der Waals surface area (Å²) in [5, 5.41) is 11.9. The predicted molar refractivity (Wildman–Crippen MR) is 158 cm³/mol. The second-order valence-corrected chi connectivity index (χ2v) is 8.38. The number of allylic oxidation sites excluding steroid dienone is 5. The number of alkyl halides is 5. The summed E-state index contributed by atoms with van der Waals surface area (Å²) in [6.45, 7) is 13.6. The van der Waals surface area contributed by atoms with E-state index in [1.165, 1.54) is 23.0 Å². The van der Waals surface area contributed by atoms with Crippen LogP contribution in [0.3, 0.4) is 0 Å². The molecule has 1 aromatic carbocycles. The third-order valence-electron chi connectivity index (χ3n) is 5.03. The second-order valence-electron chi connectivity index (χ2n) is 8.38. The highest BCUT2D eigenvalue weighted by atomic mass is 19.4. The minimum atomic E-state index is -5.89. The van der Waals surface area contributed by atoms with Gasteiger partial charge < -0.3 is 20.9 Å². The zero-order chi connectivity index (χ0) is 32.9. The van der Waals surface area contributed by atoms with Crippen LogP contribution in [0.5, 0.6) is 0 Å². The van der Waals surface area contributed by atoms with Gasteiger partial charge in [0.15, 0.2) is 11.4 Å². The molecule has 1 aromatic heterocycles. The molecule has 8 nitrogen and oxygen atoms in total. The lowest BCUT2D eigenvalue weighted by atomic mass is 10.0. The lowest BCUT2D eigenvalue weighted by Gasteiger charge is -2.18. The summed E-state index contributed by atoms with van der Waals surface area (Å²) in [7, 11) is 2.82. The van der Waals surface area contributed by atoms with E-state index in [2.05, 4.69) is 77.5 Å². The fourth-order valence-corrected chi connectivity index (χ4v) is 3.08. The van der Waals surface area contributed by atoms with Crippen molar-refractivity contribution in [1.82, 2.24) is 20.4 Å². The Bertz CT molecular complexity index is 1150. The molecule has 0 bridgehead atoms. The number of hydrazone groups is 1. The molecule has 13 heteroatoms. The summed E-state index contributed by atoms with van der Waals surface area (Å²) in [6, 6.07) is 8.68. The van der Waals surface area contributed by atoms with Gasteiger partial charge >= 0.3 is 18.1 Å². The van der Waals surface area contributed by atoms with Crippen LogP contribution in [0.25, 0.3) is 0 Å².